The van der Waals surface area contributed by atoms with E-state index in [-0.39, 0.29) is 5.41 Å². The van der Waals surface area contributed by atoms with E-state index in [1.807, 2.05) is 12.1 Å². The monoisotopic (exact) mass is 384 g/mol. The molecule has 0 radical (unpaired) electrons. The van der Waals surface area contributed by atoms with Gasteiger partial charge in [0.05, 0.1) is 7.11 Å². The lowest BCUT2D eigenvalue weighted by atomic mass is 9.85. The maximum Gasteiger partial charge on any atom is 0.328 e. The highest BCUT2D eigenvalue weighted by Gasteiger charge is 2.19. The molecule has 0 saturated carbocycles. The highest BCUT2D eigenvalue weighted by molar-refractivity contribution is 5.86. The molecule has 0 amide bonds. The predicted octanol–water partition coefficient (Wildman–Crippen LogP) is 4.86. The molecule has 5 nitrogen and oxygen atoms in total. The summed E-state index contributed by atoms with van der Waals surface area (Å²) in [6.07, 6.45) is 2.55. The molecule has 0 atom stereocenters. The lowest BCUT2D eigenvalue weighted by Gasteiger charge is -2.23. The van der Waals surface area contributed by atoms with Crippen LogP contribution in [0.5, 0.6) is 17.2 Å². The third kappa shape index (κ3) is 5.78. The lowest BCUT2D eigenvalue weighted by molar-refractivity contribution is -0.131. The predicted molar refractivity (Wildman–Crippen MR) is 111 cm³/mol. The zero-order valence-corrected chi connectivity index (χ0v) is 17.1. The van der Waals surface area contributed by atoms with E-state index >= 15 is 0 Å². The van der Waals surface area contributed by atoms with Crippen molar-refractivity contribution in [3.05, 3.63) is 59.2 Å². The smallest absolute Gasteiger partial charge is 0.328 e. The van der Waals surface area contributed by atoms with Gasteiger partial charge in [0.15, 0.2) is 11.5 Å². The molecule has 0 heterocycles. The lowest BCUT2D eigenvalue weighted by Crippen LogP contribution is -2.16. The van der Waals surface area contributed by atoms with Crippen LogP contribution in [0.25, 0.3) is 6.08 Å². The second-order valence-electron chi connectivity index (χ2n) is 7.50. The molecular formula is C23H28O5. The van der Waals surface area contributed by atoms with Crippen molar-refractivity contribution in [2.24, 2.45) is 0 Å². The second-order valence-corrected chi connectivity index (χ2v) is 7.50. The van der Waals surface area contributed by atoms with Crippen LogP contribution >= 0.6 is 0 Å². The standard InChI is InChI=1S/C23H28O5/c1-16-9-11-19(18(15-16)23(2,3)4)27-13-14-28-22-17(10-12-21(24)25)7-6-8-20(22)26-5/h6-12,15H,13-14H2,1-5H3,(H,24,25). The summed E-state index contributed by atoms with van der Waals surface area (Å²) < 4.78 is 17.2. The zero-order chi connectivity index (χ0) is 20.7. The minimum Gasteiger partial charge on any atom is -0.493 e. The Morgan fingerprint density at radius 3 is 2.43 bits per heavy atom. The Morgan fingerprint density at radius 2 is 1.79 bits per heavy atom. The van der Waals surface area contributed by atoms with Crippen molar-refractivity contribution in [2.75, 3.05) is 20.3 Å². The molecule has 1 N–H and O–H groups in total. The van der Waals surface area contributed by atoms with E-state index in [1.54, 1.807) is 25.3 Å². The minimum absolute atomic E-state index is 0.0281. The number of hydrogen-bond donors (Lipinski definition) is 1. The Kier molecular flexibility index (Phi) is 7.10. The molecule has 0 bridgehead atoms. The van der Waals surface area contributed by atoms with Gasteiger partial charge in [0.1, 0.15) is 19.0 Å². The van der Waals surface area contributed by atoms with Crippen LogP contribution < -0.4 is 14.2 Å². The summed E-state index contributed by atoms with van der Waals surface area (Å²) in [5, 5.41) is 8.86. The molecule has 0 spiro atoms. The first-order valence-electron chi connectivity index (χ1n) is 9.17. The quantitative estimate of drug-likeness (QED) is 0.520. The molecule has 2 rings (SSSR count). The Morgan fingerprint density at radius 1 is 1.07 bits per heavy atom. The fraction of sp³-hybridized carbons (Fsp3) is 0.348. The second kappa shape index (κ2) is 9.31. The van der Waals surface area contributed by atoms with Crippen molar-refractivity contribution in [1.29, 1.82) is 0 Å². The molecule has 0 unspecified atom stereocenters. The van der Waals surface area contributed by atoms with Gasteiger partial charge in [0.25, 0.3) is 0 Å². The van der Waals surface area contributed by atoms with Crippen LogP contribution in [0.15, 0.2) is 42.5 Å². The third-order valence-corrected chi connectivity index (χ3v) is 4.17. The summed E-state index contributed by atoms with van der Waals surface area (Å²) in [5.41, 5.74) is 2.94. The van der Waals surface area contributed by atoms with E-state index in [0.717, 1.165) is 17.4 Å². The van der Waals surface area contributed by atoms with E-state index in [0.29, 0.717) is 30.3 Å². The SMILES string of the molecule is COc1cccc(C=CC(=O)O)c1OCCOc1ccc(C)cc1C(C)(C)C. The maximum absolute atomic E-state index is 10.8. The average molecular weight is 384 g/mol. The first-order valence-corrected chi connectivity index (χ1v) is 9.17. The number of aryl methyl sites for hydroxylation is 1. The first kappa shape index (κ1) is 21.4. The molecule has 0 saturated heterocycles. The number of para-hydroxylation sites is 1. The molecule has 150 valence electrons. The van der Waals surface area contributed by atoms with Gasteiger partial charge in [0.2, 0.25) is 0 Å². The highest BCUT2D eigenvalue weighted by atomic mass is 16.5. The first-order chi connectivity index (χ1) is 13.2. The Bertz CT molecular complexity index is 847. The number of carboxylic acids is 1. The number of aliphatic carboxylic acids is 1. The van der Waals surface area contributed by atoms with E-state index < -0.39 is 5.97 Å². The van der Waals surface area contributed by atoms with Gasteiger partial charge in [-0.05, 0) is 36.1 Å². The summed E-state index contributed by atoms with van der Waals surface area (Å²) in [5.74, 6) is 0.850. The molecule has 0 aliphatic rings. The topological polar surface area (TPSA) is 65.0 Å². The molecule has 0 aliphatic carbocycles. The van der Waals surface area contributed by atoms with Crippen LogP contribution in [0.1, 0.15) is 37.5 Å². The van der Waals surface area contributed by atoms with E-state index in [2.05, 4.69) is 33.8 Å². The molecule has 5 heteroatoms. The van der Waals surface area contributed by atoms with Crippen LogP contribution in [0.3, 0.4) is 0 Å². The molecule has 0 aliphatic heterocycles. The summed E-state index contributed by atoms with van der Waals surface area (Å²) >= 11 is 0. The number of hydrogen-bond acceptors (Lipinski definition) is 4. The van der Waals surface area contributed by atoms with Gasteiger partial charge in [-0.15, -0.1) is 0 Å². The molecule has 0 aromatic heterocycles. The maximum atomic E-state index is 10.8. The van der Waals surface area contributed by atoms with Gasteiger partial charge in [-0.2, -0.15) is 0 Å². The normalized spacial score (nSPS) is 11.5. The van der Waals surface area contributed by atoms with Crippen molar-refractivity contribution in [1.82, 2.24) is 0 Å². The number of benzene rings is 2. The Hall–Kier alpha value is -2.95. The Balaban J connectivity index is 2.10. The average Bonchev–Trinajstić information content (AvgIpc) is 2.63. The molecule has 28 heavy (non-hydrogen) atoms. The van der Waals surface area contributed by atoms with Crippen LogP contribution in [-0.4, -0.2) is 31.4 Å². The third-order valence-electron chi connectivity index (χ3n) is 4.17. The van der Waals surface area contributed by atoms with E-state index in [9.17, 15) is 4.79 Å². The largest absolute Gasteiger partial charge is 0.493 e. The zero-order valence-electron chi connectivity index (χ0n) is 17.1. The fourth-order valence-corrected chi connectivity index (χ4v) is 2.79. The molecule has 2 aromatic rings. The molecular weight excluding hydrogens is 356 g/mol. The van der Waals surface area contributed by atoms with Gasteiger partial charge < -0.3 is 19.3 Å². The fourth-order valence-electron chi connectivity index (χ4n) is 2.79. The van der Waals surface area contributed by atoms with Crippen LogP contribution in [0.4, 0.5) is 0 Å². The van der Waals surface area contributed by atoms with Crippen molar-refractivity contribution in [3.63, 3.8) is 0 Å². The van der Waals surface area contributed by atoms with E-state index in [1.165, 1.54) is 11.6 Å². The number of carboxylic acid groups (broad SMARTS) is 1. The van der Waals surface area contributed by atoms with Crippen LogP contribution in [0.2, 0.25) is 0 Å². The van der Waals surface area contributed by atoms with Gasteiger partial charge in [-0.3, -0.25) is 0 Å². The van der Waals surface area contributed by atoms with Crippen molar-refractivity contribution < 1.29 is 24.1 Å². The number of ether oxygens (including phenoxy) is 3. The Labute approximate surface area is 166 Å². The summed E-state index contributed by atoms with van der Waals surface area (Å²) in [4.78, 5) is 10.8. The van der Waals surface area contributed by atoms with Gasteiger partial charge in [-0.1, -0.05) is 50.6 Å². The van der Waals surface area contributed by atoms with Gasteiger partial charge in [0, 0.05) is 11.6 Å². The van der Waals surface area contributed by atoms with Crippen LogP contribution in [-0.2, 0) is 10.2 Å². The summed E-state index contributed by atoms with van der Waals surface area (Å²) in [6, 6.07) is 11.5. The van der Waals surface area contributed by atoms with Gasteiger partial charge in [-0.25, -0.2) is 4.79 Å². The molecule has 0 fully saturated rings. The number of carbonyl (C=O) groups is 1. The van der Waals surface area contributed by atoms with Crippen LogP contribution in [0, 0.1) is 6.92 Å². The number of methoxy groups -OCH3 is 1. The molecule has 2 aromatic carbocycles. The van der Waals surface area contributed by atoms with Crippen molar-refractivity contribution in [3.8, 4) is 17.2 Å². The van der Waals surface area contributed by atoms with Crippen molar-refractivity contribution in [2.45, 2.75) is 33.1 Å². The highest BCUT2D eigenvalue weighted by Crippen LogP contribution is 2.33. The summed E-state index contributed by atoms with van der Waals surface area (Å²) in [7, 11) is 1.55. The summed E-state index contributed by atoms with van der Waals surface area (Å²) in [6.45, 7) is 9.18. The number of rotatable bonds is 8. The van der Waals surface area contributed by atoms with Gasteiger partial charge >= 0.3 is 5.97 Å². The minimum atomic E-state index is -1.02. The van der Waals surface area contributed by atoms with Crippen molar-refractivity contribution >= 4 is 12.0 Å². The van der Waals surface area contributed by atoms with E-state index in [4.69, 9.17) is 19.3 Å².